The van der Waals surface area contributed by atoms with E-state index in [0.29, 0.717) is 19.4 Å². The third-order valence-electron chi connectivity index (χ3n) is 2.59. The number of nitrogens with one attached hydrogen (secondary N) is 2. The number of rotatable bonds is 5. The normalized spacial score (nSPS) is 19.9. The molecule has 1 amide bonds. The molecule has 0 bridgehead atoms. The topological polar surface area (TPSA) is 79.9 Å². The van der Waals surface area contributed by atoms with Gasteiger partial charge in [0.05, 0.1) is 12.5 Å². The highest BCUT2D eigenvalue weighted by atomic mass is 16.5. The molecule has 88 valence electrons. The van der Waals surface area contributed by atoms with E-state index >= 15 is 0 Å². The van der Waals surface area contributed by atoms with Crippen LogP contribution in [0.2, 0.25) is 0 Å². The average molecular weight is 224 g/mol. The molecule has 1 unspecified atom stereocenters. The van der Waals surface area contributed by atoms with Gasteiger partial charge in [-0.25, -0.2) is 4.98 Å². The molecule has 1 aliphatic heterocycles. The Labute approximate surface area is 93.8 Å². The van der Waals surface area contributed by atoms with Crippen LogP contribution in [0, 0.1) is 0 Å². The number of hydrogen-bond donors (Lipinski definition) is 2. The zero-order chi connectivity index (χ0) is 11.2. The predicted molar refractivity (Wildman–Crippen MR) is 56.7 cm³/mol. The van der Waals surface area contributed by atoms with Gasteiger partial charge < -0.3 is 10.1 Å². The molecular formula is C10H16N4O2. The van der Waals surface area contributed by atoms with Crippen molar-refractivity contribution in [1.29, 1.82) is 0 Å². The summed E-state index contributed by atoms with van der Waals surface area (Å²) in [5.74, 6) is 0.837. The second-order valence-corrected chi connectivity index (χ2v) is 3.87. The predicted octanol–water partition coefficient (Wildman–Crippen LogP) is 0.0325. The van der Waals surface area contributed by atoms with Gasteiger partial charge in [0.15, 0.2) is 0 Å². The maximum atomic E-state index is 11.5. The molecule has 1 aromatic heterocycles. The van der Waals surface area contributed by atoms with E-state index in [1.807, 2.05) is 0 Å². The lowest BCUT2D eigenvalue weighted by molar-refractivity contribution is -0.123. The largest absolute Gasteiger partial charge is 0.378 e. The Morgan fingerprint density at radius 3 is 3.31 bits per heavy atom. The minimum Gasteiger partial charge on any atom is -0.378 e. The van der Waals surface area contributed by atoms with Gasteiger partial charge in [-0.05, 0) is 12.8 Å². The number of H-pyrrole nitrogens is 1. The lowest BCUT2D eigenvalue weighted by Crippen LogP contribution is -2.29. The van der Waals surface area contributed by atoms with Crippen LogP contribution in [0.15, 0.2) is 6.33 Å². The van der Waals surface area contributed by atoms with Crippen LogP contribution in [0.3, 0.4) is 0 Å². The van der Waals surface area contributed by atoms with Gasteiger partial charge >= 0.3 is 0 Å². The summed E-state index contributed by atoms with van der Waals surface area (Å²) in [5, 5.41) is 9.32. The average Bonchev–Trinajstić information content (AvgIpc) is 2.90. The van der Waals surface area contributed by atoms with Crippen LogP contribution in [-0.2, 0) is 16.0 Å². The van der Waals surface area contributed by atoms with Gasteiger partial charge in [0.2, 0.25) is 5.91 Å². The lowest BCUT2D eigenvalue weighted by Gasteiger charge is -2.08. The van der Waals surface area contributed by atoms with Gasteiger partial charge in [-0.3, -0.25) is 9.89 Å². The van der Waals surface area contributed by atoms with Gasteiger partial charge in [-0.15, -0.1) is 0 Å². The number of carbonyl (C=O) groups excluding carboxylic acids is 1. The highest BCUT2D eigenvalue weighted by Gasteiger charge is 2.18. The maximum Gasteiger partial charge on any atom is 0.222 e. The molecule has 6 nitrogen and oxygen atoms in total. The molecule has 1 saturated heterocycles. The van der Waals surface area contributed by atoms with E-state index in [2.05, 4.69) is 20.5 Å². The SMILES string of the molecule is O=C(CC1CCCO1)NCCc1ncn[nH]1. The summed E-state index contributed by atoms with van der Waals surface area (Å²) in [6.45, 7) is 1.37. The molecule has 0 spiro atoms. The van der Waals surface area contributed by atoms with E-state index in [4.69, 9.17) is 4.74 Å². The van der Waals surface area contributed by atoms with E-state index in [-0.39, 0.29) is 12.0 Å². The molecule has 1 aromatic rings. The van der Waals surface area contributed by atoms with E-state index in [0.717, 1.165) is 25.3 Å². The fourth-order valence-corrected chi connectivity index (χ4v) is 1.76. The summed E-state index contributed by atoms with van der Waals surface area (Å²) in [6.07, 6.45) is 4.79. The quantitative estimate of drug-likeness (QED) is 0.739. The van der Waals surface area contributed by atoms with E-state index in [1.165, 1.54) is 6.33 Å². The Morgan fingerprint density at radius 2 is 2.62 bits per heavy atom. The summed E-state index contributed by atoms with van der Waals surface area (Å²) >= 11 is 0. The zero-order valence-electron chi connectivity index (χ0n) is 9.11. The van der Waals surface area contributed by atoms with Crippen LogP contribution < -0.4 is 5.32 Å². The van der Waals surface area contributed by atoms with Crippen molar-refractivity contribution < 1.29 is 9.53 Å². The third kappa shape index (κ3) is 3.30. The van der Waals surface area contributed by atoms with Crippen molar-refractivity contribution in [3.05, 3.63) is 12.2 Å². The first-order valence-corrected chi connectivity index (χ1v) is 5.57. The van der Waals surface area contributed by atoms with Crippen molar-refractivity contribution in [2.45, 2.75) is 31.8 Å². The van der Waals surface area contributed by atoms with Gasteiger partial charge in [0.25, 0.3) is 0 Å². The first-order valence-electron chi connectivity index (χ1n) is 5.57. The number of nitrogens with zero attached hydrogens (tertiary/aromatic N) is 2. The van der Waals surface area contributed by atoms with Gasteiger partial charge in [-0.1, -0.05) is 0 Å². The maximum absolute atomic E-state index is 11.5. The fraction of sp³-hybridized carbons (Fsp3) is 0.700. The minimum atomic E-state index is 0.0476. The summed E-state index contributed by atoms with van der Waals surface area (Å²) in [5.41, 5.74) is 0. The lowest BCUT2D eigenvalue weighted by atomic mass is 10.2. The summed E-state index contributed by atoms with van der Waals surface area (Å²) in [7, 11) is 0. The molecule has 2 N–H and O–H groups in total. The monoisotopic (exact) mass is 224 g/mol. The van der Waals surface area contributed by atoms with Gasteiger partial charge in [0, 0.05) is 19.6 Å². The Kier molecular flexibility index (Phi) is 3.87. The molecule has 0 aliphatic carbocycles. The van der Waals surface area contributed by atoms with Gasteiger partial charge in [0.1, 0.15) is 12.2 Å². The molecule has 0 radical (unpaired) electrons. The molecule has 2 rings (SSSR count). The van der Waals surface area contributed by atoms with E-state index in [9.17, 15) is 4.79 Å². The number of ether oxygens (including phenoxy) is 1. The summed E-state index contributed by atoms with van der Waals surface area (Å²) < 4.78 is 5.39. The Morgan fingerprint density at radius 1 is 1.69 bits per heavy atom. The Balaban J connectivity index is 1.60. The second kappa shape index (κ2) is 5.60. The van der Waals surface area contributed by atoms with Crippen LogP contribution in [0.1, 0.15) is 25.1 Å². The summed E-state index contributed by atoms with van der Waals surface area (Å²) in [6, 6.07) is 0. The first-order chi connectivity index (χ1) is 7.84. The Hall–Kier alpha value is -1.43. The van der Waals surface area contributed by atoms with Crippen LogP contribution in [-0.4, -0.2) is 40.3 Å². The molecule has 16 heavy (non-hydrogen) atoms. The fourth-order valence-electron chi connectivity index (χ4n) is 1.76. The summed E-state index contributed by atoms with van der Waals surface area (Å²) in [4.78, 5) is 15.5. The number of hydrogen-bond acceptors (Lipinski definition) is 4. The van der Waals surface area contributed by atoms with E-state index in [1.54, 1.807) is 0 Å². The molecule has 0 aromatic carbocycles. The van der Waals surface area contributed by atoms with Crippen molar-refractivity contribution in [2.24, 2.45) is 0 Å². The minimum absolute atomic E-state index is 0.0476. The smallest absolute Gasteiger partial charge is 0.222 e. The number of aromatic amines is 1. The van der Waals surface area contributed by atoms with Crippen LogP contribution >= 0.6 is 0 Å². The third-order valence-corrected chi connectivity index (χ3v) is 2.59. The standard InChI is InChI=1S/C10H16N4O2/c15-10(6-8-2-1-5-16-8)11-4-3-9-12-7-13-14-9/h7-8H,1-6H2,(H,11,15)(H,12,13,14). The number of carbonyl (C=O) groups is 1. The molecular weight excluding hydrogens is 208 g/mol. The second-order valence-electron chi connectivity index (χ2n) is 3.87. The zero-order valence-corrected chi connectivity index (χ0v) is 9.11. The molecule has 2 heterocycles. The Bertz CT molecular complexity index is 320. The van der Waals surface area contributed by atoms with Crippen molar-refractivity contribution >= 4 is 5.91 Å². The van der Waals surface area contributed by atoms with Crippen molar-refractivity contribution in [1.82, 2.24) is 20.5 Å². The van der Waals surface area contributed by atoms with E-state index < -0.39 is 0 Å². The van der Waals surface area contributed by atoms with Crippen LogP contribution in [0.25, 0.3) is 0 Å². The molecule has 1 aliphatic rings. The van der Waals surface area contributed by atoms with Crippen molar-refractivity contribution in [3.63, 3.8) is 0 Å². The van der Waals surface area contributed by atoms with Crippen molar-refractivity contribution in [3.8, 4) is 0 Å². The van der Waals surface area contributed by atoms with Crippen LogP contribution in [0.5, 0.6) is 0 Å². The molecule has 1 atom stereocenters. The molecule has 0 saturated carbocycles. The highest BCUT2D eigenvalue weighted by Crippen LogP contribution is 2.14. The number of aromatic nitrogens is 3. The van der Waals surface area contributed by atoms with Crippen LogP contribution in [0.4, 0.5) is 0 Å². The highest BCUT2D eigenvalue weighted by molar-refractivity contribution is 5.76. The molecule has 6 heteroatoms. The van der Waals surface area contributed by atoms with Crippen molar-refractivity contribution in [2.75, 3.05) is 13.2 Å². The van der Waals surface area contributed by atoms with Gasteiger partial charge in [-0.2, -0.15) is 5.10 Å². The number of amides is 1. The molecule has 1 fully saturated rings. The first kappa shape index (κ1) is 11.1.